The van der Waals surface area contributed by atoms with Crippen molar-refractivity contribution in [2.75, 3.05) is 50.1 Å². The van der Waals surface area contributed by atoms with Gasteiger partial charge in [0.2, 0.25) is 5.91 Å². The number of urea groups is 1. The molecule has 0 unspecified atom stereocenters. The van der Waals surface area contributed by atoms with Crippen molar-refractivity contribution in [2.24, 2.45) is 5.73 Å². The fourth-order valence-corrected chi connectivity index (χ4v) is 5.86. The van der Waals surface area contributed by atoms with Crippen LogP contribution in [0.4, 0.5) is 16.2 Å². The molecule has 3 aliphatic rings. The first-order valence-corrected chi connectivity index (χ1v) is 13.2. The average molecular weight is 530 g/mol. The number of anilines is 2. The Bertz CT molecular complexity index is 1420. The van der Waals surface area contributed by atoms with Crippen molar-refractivity contribution in [2.45, 2.75) is 25.2 Å². The van der Waals surface area contributed by atoms with Crippen molar-refractivity contribution >= 4 is 29.1 Å². The van der Waals surface area contributed by atoms with Gasteiger partial charge in [-0.3, -0.25) is 14.7 Å². The summed E-state index contributed by atoms with van der Waals surface area (Å²) in [5, 5.41) is 10.9. The third kappa shape index (κ3) is 4.53. The molecule has 2 aliphatic heterocycles. The summed E-state index contributed by atoms with van der Waals surface area (Å²) in [7, 11) is 0. The van der Waals surface area contributed by atoms with Crippen LogP contribution in [-0.2, 0) is 16.0 Å². The number of nitrogens with zero attached hydrogens (tertiary/aromatic N) is 4. The summed E-state index contributed by atoms with van der Waals surface area (Å²) < 4.78 is 5.43. The minimum absolute atomic E-state index is 0.0648. The molecule has 0 bridgehead atoms. The Morgan fingerprint density at radius 1 is 1.03 bits per heavy atom. The molecule has 39 heavy (non-hydrogen) atoms. The fourth-order valence-electron chi connectivity index (χ4n) is 5.86. The zero-order valence-corrected chi connectivity index (χ0v) is 21.6. The molecule has 0 radical (unpaired) electrons. The summed E-state index contributed by atoms with van der Waals surface area (Å²) in [5.74, 6) is -0.0217. The topological polar surface area (TPSA) is 151 Å². The summed E-state index contributed by atoms with van der Waals surface area (Å²) in [5.41, 5.74) is 16.7. The Morgan fingerprint density at radius 3 is 2.44 bits per heavy atom. The number of ketones is 1. The molecule has 2 aromatic carbocycles. The van der Waals surface area contributed by atoms with Crippen molar-refractivity contribution in [3.63, 3.8) is 0 Å². The van der Waals surface area contributed by atoms with Crippen LogP contribution in [0.15, 0.2) is 42.5 Å². The van der Waals surface area contributed by atoms with Gasteiger partial charge in [0.25, 0.3) is 0 Å². The Morgan fingerprint density at radius 2 is 1.74 bits per heavy atom. The minimum Gasteiger partial charge on any atom is -0.399 e. The summed E-state index contributed by atoms with van der Waals surface area (Å²) in [6, 6.07) is 12.1. The van der Waals surface area contributed by atoms with Gasteiger partial charge in [-0.15, -0.1) is 0 Å². The number of nitrogens with one attached hydrogen (secondary N) is 1. The van der Waals surface area contributed by atoms with E-state index in [2.05, 4.69) is 10.2 Å². The summed E-state index contributed by atoms with van der Waals surface area (Å²) in [6.45, 7) is 3.13. The molecule has 5 N–H and O–H groups in total. The number of piperidine rings is 1. The smallest absolute Gasteiger partial charge is 0.334 e. The van der Waals surface area contributed by atoms with Gasteiger partial charge in [-0.2, -0.15) is 5.10 Å². The molecule has 1 aliphatic carbocycles. The number of hydrogen-bond acceptors (Lipinski definition) is 7. The van der Waals surface area contributed by atoms with Gasteiger partial charge < -0.3 is 21.1 Å². The van der Waals surface area contributed by atoms with Gasteiger partial charge >= 0.3 is 6.03 Å². The summed E-state index contributed by atoms with van der Waals surface area (Å²) in [4.78, 5) is 41.2. The van der Waals surface area contributed by atoms with Crippen LogP contribution >= 0.6 is 0 Å². The highest BCUT2D eigenvalue weighted by Gasteiger charge is 2.39. The van der Waals surface area contributed by atoms with Crippen molar-refractivity contribution in [3.8, 4) is 11.3 Å². The van der Waals surface area contributed by atoms with Crippen LogP contribution in [0.3, 0.4) is 0 Å². The molecular formula is C28H31N7O4. The lowest BCUT2D eigenvalue weighted by atomic mass is 9.90. The number of H-pyrrole nitrogens is 1. The number of nitrogen functional groups attached to an aromatic ring is 1. The normalized spacial score (nSPS) is 17.6. The largest absolute Gasteiger partial charge is 0.399 e. The first-order chi connectivity index (χ1) is 18.9. The predicted molar refractivity (Wildman–Crippen MR) is 145 cm³/mol. The lowest BCUT2D eigenvalue weighted by molar-refractivity contribution is -0.131. The summed E-state index contributed by atoms with van der Waals surface area (Å²) in [6.07, 6.45) is 1.78. The quantitative estimate of drug-likeness (QED) is 0.336. The predicted octanol–water partition coefficient (Wildman–Crippen LogP) is 2.28. The van der Waals surface area contributed by atoms with Crippen LogP contribution in [0.1, 0.15) is 45.9 Å². The number of primary amides is 1. The van der Waals surface area contributed by atoms with E-state index in [0.29, 0.717) is 79.6 Å². The van der Waals surface area contributed by atoms with Gasteiger partial charge in [-0.05, 0) is 36.6 Å². The second-order valence-electron chi connectivity index (χ2n) is 10.2. The standard InChI is InChI=1S/C28H31N7O4/c29-19-6-4-17(5-7-19)16-22(36)33-10-8-18(9-11-33)25-24-26(32-31-25)20-2-1-3-21(23(20)27(24)37)35(28(30)38)34-12-14-39-15-13-34/h1-7,18H,8-16,29H2,(H2,30,38)(H,31,32). The SMILES string of the molecule is NC(=O)N(c1cccc2c1C(=O)c1c-2n[nH]c1C1CCN(C(=O)Cc2ccc(N)cc2)CC1)N1CCOCC1. The van der Waals surface area contributed by atoms with Crippen LogP contribution < -0.4 is 16.5 Å². The molecular weight excluding hydrogens is 498 g/mol. The maximum absolute atomic E-state index is 13.9. The molecule has 0 atom stereocenters. The lowest BCUT2D eigenvalue weighted by Gasteiger charge is -2.36. The van der Waals surface area contributed by atoms with Crippen molar-refractivity contribution in [3.05, 3.63) is 64.8 Å². The van der Waals surface area contributed by atoms with Gasteiger partial charge in [0, 0.05) is 43.3 Å². The van der Waals surface area contributed by atoms with Gasteiger partial charge in [0.05, 0.1) is 42.1 Å². The summed E-state index contributed by atoms with van der Waals surface area (Å²) >= 11 is 0. The highest BCUT2D eigenvalue weighted by atomic mass is 16.5. The fraction of sp³-hybridized carbons (Fsp3) is 0.357. The van der Waals surface area contributed by atoms with Gasteiger partial charge in [0.1, 0.15) is 5.69 Å². The lowest BCUT2D eigenvalue weighted by Crippen LogP contribution is -2.54. The third-order valence-corrected chi connectivity index (χ3v) is 7.84. The number of ether oxygens (including phenoxy) is 1. The first kappa shape index (κ1) is 25.1. The number of fused-ring (bicyclic) bond motifs is 3. The van der Waals surface area contributed by atoms with Crippen LogP contribution in [0.2, 0.25) is 0 Å². The maximum atomic E-state index is 13.9. The Hall–Kier alpha value is -4.22. The van der Waals surface area contributed by atoms with Crippen LogP contribution in [-0.4, -0.2) is 77.2 Å². The highest BCUT2D eigenvalue weighted by molar-refractivity contribution is 6.25. The van der Waals surface area contributed by atoms with Gasteiger partial charge in [-0.1, -0.05) is 24.3 Å². The molecule has 2 fully saturated rings. The Kier molecular flexibility index (Phi) is 6.53. The number of hydrazine groups is 1. The number of aromatic amines is 1. The van der Waals surface area contributed by atoms with E-state index in [1.165, 1.54) is 5.01 Å². The zero-order valence-electron chi connectivity index (χ0n) is 21.6. The number of carbonyl (C=O) groups excluding carboxylic acids is 3. The highest BCUT2D eigenvalue weighted by Crippen LogP contribution is 2.44. The minimum atomic E-state index is -0.652. The molecule has 11 heteroatoms. The number of carbonyl (C=O) groups is 3. The van der Waals surface area contributed by atoms with Crippen molar-refractivity contribution in [1.82, 2.24) is 20.1 Å². The molecule has 3 aromatic rings. The molecule has 11 nitrogen and oxygen atoms in total. The maximum Gasteiger partial charge on any atom is 0.334 e. The van der Waals surface area contributed by atoms with E-state index in [-0.39, 0.29) is 17.6 Å². The molecule has 1 aromatic heterocycles. The molecule has 3 amide bonds. The van der Waals surface area contributed by atoms with E-state index in [9.17, 15) is 14.4 Å². The van der Waals surface area contributed by atoms with Crippen molar-refractivity contribution in [1.29, 1.82) is 0 Å². The Labute approximate surface area is 225 Å². The second-order valence-corrected chi connectivity index (χ2v) is 10.2. The van der Waals surface area contributed by atoms with Gasteiger partial charge in [0.15, 0.2) is 5.78 Å². The number of rotatable bonds is 5. The number of nitrogens with two attached hydrogens (primary N) is 2. The second kappa shape index (κ2) is 10.2. The molecule has 202 valence electrons. The van der Waals surface area contributed by atoms with E-state index in [0.717, 1.165) is 24.1 Å². The number of likely N-dealkylation sites (tertiary alicyclic amines) is 1. The Balaban J connectivity index is 1.20. The van der Waals surface area contributed by atoms with E-state index < -0.39 is 6.03 Å². The van der Waals surface area contributed by atoms with Crippen LogP contribution in [0.25, 0.3) is 11.3 Å². The molecule has 0 saturated carbocycles. The van der Waals surface area contributed by atoms with E-state index in [1.807, 2.05) is 34.2 Å². The van der Waals surface area contributed by atoms with E-state index in [4.69, 9.17) is 16.2 Å². The number of benzene rings is 2. The van der Waals surface area contributed by atoms with Crippen LogP contribution in [0.5, 0.6) is 0 Å². The number of aromatic nitrogens is 2. The molecule has 6 rings (SSSR count). The van der Waals surface area contributed by atoms with Crippen molar-refractivity contribution < 1.29 is 19.1 Å². The van der Waals surface area contributed by atoms with Crippen LogP contribution in [0, 0.1) is 0 Å². The first-order valence-electron chi connectivity index (χ1n) is 13.2. The number of hydrogen-bond donors (Lipinski definition) is 3. The molecule has 3 heterocycles. The monoisotopic (exact) mass is 529 g/mol. The number of amides is 3. The zero-order chi connectivity index (χ0) is 27.1. The van der Waals surface area contributed by atoms with E-state index >= 15 is 0 Å². The van der Waals surface area contributed by atoms with Gasteiger partial charge in [-0.25, -0.2) is 14.8 Å². The van der Waals surface area contributed by atoms with E-state index in [1.54, 1.807) is 18.2 Å². The number of morpholine rings is 1. The molecule has 0 spiro atoms. The molecule has 2 saturated heterocycles. The third-order valence-electron chi connectivity index (χ3n) is 7.84. The average Bonchev–Trinajstić information content (AvgIpc) is 3.51.